The number of rotatable bonds is 5. The molecule has 1 aromatic heterocycles. The van der Waals surface area contributed by atoms with Gasteiger partial charge in [-0.3, -0.25) is 14.9 Å². The van der Waals surface area contributed by atoms with E-state index in [2.05, 4.69) is 5.32 Å². The van der Waals surface area contributed by atoms with Crippen molar-refractivity contribution < 1.29 is 19.2 Å². The quantitative estimate of drug-likeness (QED) is 0.334. The molecule has 0 bridgehead atoms. The molecule has 2 aromatic carbocycles. The van der Waals surface area contributed by atoms with Crippen LogP contribution in [0.5, 0.6) is 0 Å². The van der Waals surface area contributed by atoms with E-state index in [-0.39, 0.29) is 21.3 Å². The van der Waals surface area contributed by atoms with Crippen molar-refractivity contribution in [2.45, 2.75) is 6.92 Å². The van der Waals surface area contributed by atoms with Gasteiger partial charge in [0, 0.05) is 27.2 Å². The molecule has 0 aliphatic heterocycles. The van der Waals surface area contributed by atoms with Crippen LogP contribution in [0.3, 0.4) is 0 Å². The SMILES string of the molecule is Cc1ccc([N+](=O)[O-])cc1NC(=O)COC(=O)c1sc2cc(Cl)ccc2c1Cl. The van der Waals surface area contributed by atoms with Crippen molar-refractivity contribution in [2.24, 2.45) is 0 Å². The van der Waals surface area contributed by atoms with Gasteiger partial charge in [0.2, 0.25) is 0 Å². The van der Waals surface area contributed by atoms with Crippen molar-refractivity contribution in [1.82, 2.24) is 0 Å². The summed E-state index contributed by atoms with van der Waals surface area (Å²) >= 11 is 13.3. The highest BCUT2D eigenvalue weighted by atomic mass is 35.5. The van der Waals surface area contributed by atoms with Crippen LogP contribution >= 0.6 is 34.5 Å². The fraction of sp³-hybridized carbons (Fsp3) is 0.111. The van der Waals surface area contributed by atoms with Crippen LogP contribution in [0.4, 0.5) is 11.4 Å². The molecule has 1 heterocycles. The number of fused-ring (bicyclic) bond motifs is 1. The number of hydrogen-bond acceptors (Lipinski definition) is 6. The third-order valence-electron chi connectivity index (χ3n) is 3.82. The number of halogens is 2. The van der Waals surface area contributed by atoms with Gasteiger partial charge >= 0.3 is 5.97 Å². The molecule has 3 aromatic rings. The highest BCUT2D eigenvalue weighted by Crippen LogP contribution is 2.37. The van der Waals surface area contributed by atoms with Crippen LogP contribution in [0, 0.1) is 17.0 Å². The Bertz CT molecular complexity index is 1110. The second-order valence-corrected chi connectivity index (χ2v) is 7.63. The Kier molecular flexibility index (Phi) is 5.83. The molecular weight excluding hydrogens is 427 g/mol. The summed E-state index contributed by atoms with van der Waals surface area (Å²) in [7, 11) is 0. The first-order valence-electron chi connectivity index (χ1n) is 7.86. The maximum atomic E-state index is 12.3. The lowest BCUT2D eigenvalue weighted by Gasteiger charge is -2.08. The number of nitrogens with one attached hydrogen (secondary N) is 1. The molecule has 144 valence electrons. The van der Waals surface area contributed by atoms with Gasteiger partial charge in [-0.2, -0.15) is 0 Å². The summed E-state index contributed by atoms with van der Waals surface area (Å²) in [6.07, 6.45) is 0. The average molecular weight is 439 g/mol. The third kappa shape index (κ3) is 4.24. The van der Waals surface area contributed by atoms with Crippen molar-refractivity contribution in [3.8, 4) is 0 Å². The normalized spacial score (nSPS) is 10.7. The number of aryl methyl sites for hydroxylation is 1. The molecule has 0 radical (unpaired) electrons. The Labute approximate surface area is 173 Å². The Balaban J connectivity index is 1.68. The number of esters is 1. The van der Waals surface area contributed by atoms with Crippen LogP contribution in [-0.4, -0.2) is 23.4 Å². The third-order valence-corrected chi connectivity index (χ3v) is 5.69. The molecule has 1 amide bonds. The number of carbonyl (C=O) groups excluding carboxylic acids is 2. The van der Waals surface area contributed by atoms with Crippen LogP contribution in [-0.2, 0) is 9.53 Å². The summed E-state index contributed by atoms with van der Waals surface area (Å²) in [5, 5.41) is 14.8. The maximum Gasteiger partial charge on any atom is 0.350 e. The van der Waals surface area contributed by atoms with Crippen LogP contribution in [0.15, 0.2) is 36.4 Å². The molecule has 0 spiro atoms. The second kappa shape index (κ2) is 8.14. The second-order valence-electron chi connectivity index (χ2n) is 5.77. The van der Waals surface area contributed by atoms with E-state index in [1.807, 2.05) is 0 Å². The van der Waals surface area contributed by atoms with Crippen molar-refractivity contribution in [3.63, 3.8) is 0 Å². The molecule has 3 rings (SSSR count). The van der Waals surface area contributed by atoms with E-state index in [1.165, 1.54) is 18.2 Å². The molecule has 1 N–H and O–H groups in total. The molecule has 0 aliphatic rings. The van der Waals surface area contributed by atoms with Gasteiger partial charge in [0.25, 0.3) is 11.6 Å². The first kappa shape index (κ1) is 20.1. The van der Waals surface area contributed by atoms with Crippen LogP contribution in [0.25, 0.3) is 10.1 Å². The van der Waals surface area contributed by atoms with Gasteiger partial charge in [0.1, 0.15) is 4.88 Å². The Morgan fingerprint density at radius 3 is 2.68 bits per heavy atom. The minimum Gasteiger partial charge on any atom is -0.451 e. The van der Waals surface area contributed by atoms with Gasteiger partial charge in [-0.1, -0.05) is 35.3 Å². The number of non-ortho nitro benzene ring substituents is 1. The molecule has 7 nitrogen and oxygen atoms in total. The number of anilines is 1. The molecule has 0 fully saturated rings. The first-order chi connectivity index (χ1) is 13.3. The first-order valence-corrected chi connectivity index (χ1v) is 9.43. The fourth-order valence-electron chi connectivity index (χ4n) is 2.41. The lowest BCUT2D eigenvalue weighted by molar-refractivity contribution is -0.384. The van der Waals surface area contributed by atoms with Crippen LogP contribution in [0.2, 0.25) is 10.0 Å². The summed E-state index contributed by atoms with van der Waals surface area (Å²) in [4.78, 5) is 34.8. The lowest BCUT2D eigenvalue weighted by Crippen LogP contribution is -2.21. The van der Waals surface area contributed by atoms with E-state index < -0.39 is 23.4 Å². The number of nitro benzene ring substituents is 1. The molecule has 0 unspecified atom stereocenters. The molecule has 0 saturated carbocycles. The molecule has 0 saturated heterocycles. The maximum absolute atomic E-state index is 12.3. The van der Waals surface area contributed by atoms with Crippen LogP contribution < -0.4 is 5.32 Å². The monoisotopic (exact) mass is 438 g/mol. The smallest absolute Gasteiger partial charge is 0.350 e. The fourth-order valence-corrected chi connectivity index (χ4v) is 4.09. The van der Waals surface area contributed by atoms with Gasteiger partial charge in [0.15, 0.2) is 6.61 Å². The summed E-state index contributed by atoms with van der Waals surface area (Å²) < 4.78 is 5.75. The predicted octanol–water partition coefficient (Wildman–Crippen LogP) is 5.22. The number of amides is 1. The Morgan fingerprint density at radius 1 is 1.21 bits per heavy atom. The van der Waals surface area contributed by atoms with Gasteiger partial charge in [0.05, 0.1) is 15.6 Å². The van der Waals surface area contributed by atoms with E-state index in [0.29, 0.717) is 16.0 Å². The van der Waals surface area contributed by atoms with Crippen molar-refractivity contribution in [1.29, 1.82) is 0 Å². The topological polar surface area (TPSA) is 98.5 Å². The van der Waals surface area contributed by atoms with Crippen molar-refractivity contribution in [3.05, 3.63) is 67.0 Å². The number of ether oxygens (including phenoxy) is 1. The zero-order valence-electron chi connectivity index (χ0n) is 14.3. The van der Waals surface area contributed by atoms with Gasteiger partial charge in [-0.25, -0.2) is 4.79 Å². The van der Waals surface area contributed by atoms with Crippen molar-refractivity contribution in [2.75, 3.05) is 11.9 Å². The minimum absolute atomic E-state index is 0.159. The molecule has 28 heavy (non-hydrogen) atoms. The Hall–Kier alpha value is -2.68. The summed E-state index contributed by atoms with van der Waals surface area (Å²) in [6.45, 7) is 1.12. The number of thiophene rings is 1. The number of nitro groups is 1. The summed E-state index contributed by atoms with van der Waals surface area (Å²) in [5.41, 5.74) is 0.744. The predicted molar refractivity (Wildman–Crippen MR) is 109 cm³/mol. The minimum atomic E-state index is -0.742. The number of benzene rings is 2. The van der Waals surface area contributed by atoms with Gasteiger partial charge < -0.3 is 10.1 Å². The highest BCUT2D eigenvalue weighted by molar-refractivity contribution is 7.21. The molecule has 0 atom stereocenters. The van der Waals surface area contributed by atoms with Crippen LogP contribution in [0.1, 0.15) is 15.2 Å². The zero-order chi connectivity index (χ0) is 20.4. The lowest BCUT2D eigenvalue weighted by atomic mass is 10.2. The Morgan fingerprint density at radius 2 is 1.96 bits per heavy atom. The average Bonchev–Trinajstić information content (AvgIpc) is 2.97. The van der Waals surface area contributed by atoms with E-state index in [1.54, 1.807) is 25.1 Å². The molecule has 0 aliphatic carbocycles. The van der Waals surface area contributed by atoms with Gasteiger partial charge in [-0.05, 0) is 24.6 Å². The largest absolute Gasteiger partial charge is 0.451 e. The summed E-state index contributed by atoms with van der Waals surface area (Å²) in [5.74, 6) is -1.37. The molecule has 10 heteroatoms. The van der Waals surface area contributed by atoms with Gasteiger partial charge in [-0.15, -0.1) is 11.3 Å². The summed E-state index contributed by atoms with van der Waals surface area (Å²) in [6, 6.07) is 9.13. The number of nitrogens with zero attached hydrogens (tertiary/aromatic N) is 1. The van der Waals surface area contributed by atoms with E-state index in [9.17, 15) is 19.7 Å². The zero-order valence-corrected chi connectivity index (χ0v) is 16.7. The van der Waals surface area contributed by atoms with E-state index in [0.717, 1.165) is 16.0 Å². The number of hydrogen-bond donors (Lipinski definition) is 1. The van der Waals surface area contributed by atoms with Crippen molar-refractivity contribution >= 4 is 67.9 Å². The standard InChI is InChI=1S/C18H12Cl2N2O5S/c1-9-2-4-11(22(25)26)7-13(9)21-15(23)8-27-18(24)17-16(20)12-5-3-10(19)6-14(12)28-17/h2-7H,8H2,1H3,(H,21,23). The van der Waals surface area contributed by atoms with E-state index in [4.69, 9.17) is 27.9 Å². The van der Waals surface area contributed by atoms with E-state index >= 15 is 0 Å². The molecular formula is C18H12Cl2N2O5S. The highest BCUT2D eigenvalue weighted by Gasteiger charge is 2.20. The number of carbonyl (C=O) groups is 2.